The predicted molar refractivity (Wildman–Crippen MR) is 85.6 cm³/mol. The van der Waals surface area contributed by atoms with Crippen LogP contribution in [-0.4, -0.2) is 33.1 Å². The van der Waals surface area contributed by atoms with E-state index in [9.17, 15) is 9.59 Å². The summed E-state index contributed by atoms with van der Waals surface area (Å²) in [7, 11) is 0. The smallest absolute Gasteiger partial charge is 0.308 e. The van der Waals surface area contributed by atoms with Crippen molar-refractivity contribution in [2.45, 2.75) is 33.2 Å². The van der Waals surface area contributed by atoms with Crippen molar-refractivity contribution in [3.05, 3.63) is 46.5 Å². The van der Waals surface area contributed by atoms with E-state index in [-0.39, 0.29) is 24.9 Å². The third-order valence-corrected chi connectivity index (χ3v) is 3.57. The number of ether oxygens (including phenoxy) is 1. The molecule has 0 amide bonds. The Kier molecular flexibility index (Phi) is 5.50. The van der Waals surface area contributed by atoms with Gasteiger partial charge >= 0.3 is 5.97 Å². The maximum absolute atomic E-state index is 11.9. The summed E-state index contributed by atoms with van der Waals surface area (Å²) < 4.78 is 6.72. The summed E-state index contributed by atoms with van der Waals surface area (Å²) in [5.41, 5.74) is 0.456. The van der Waals surface area contributed by atoms with E-state index in [1.54, 1.807) is 35.9 Å². The van der Waals surface area contributed by atoms with E-state index < -0.39 is 5.97 Å². The maximum atomic E-state index is 11.9. The van der Waals surface area contributed by atoms with Crippen molar-refractivity contribution in [3.8, 4) is 0 Å². The number of aryl methyl sites for hydroxylation is 2. The Labute approximate surface area is 139 Å². The second-order valence-electron chi connectivity index (χ2n) is 5.29. The summed E-state index contributed by atoms with van der Waals surface area (Å²) in [5, 5.41) is 4.78. The largest absolute Gasteiger partial charge is 0.457 e. The van der Waals surface area contributed by atoms with Crippen LogP contribution in [0.15, 0.2) is 24.3 Å². The highest BCUT2D eigenvalue weighted by Crippen LogP contribution is 2.13. The van der Waals surface area contributed by atoms with Crippen LogP contribution in [0.5, 0.6) is 0 Å². The van der Waals surface area contributed by atoms with E-state index in [2.05, 4.69) is 10.1 Å². The fourth-order valence-electron chi connectivity index (χ4n) is 2.21. The zero-order valence-electron chi connectivity index (χ0n) is 13.2. The molecule has 1 heterocycles. The summed E-state index contributed by atoms with van der Waals surface area (Å²) in [6.07, 6.45) is 0.123. The lowest BCUT2D eigenvalue weighted by Crippen LogP contribution is -2.18. The lowest BCUT2D eigenvalue weighted by molar-refractivity contribution is -0.143. The van der Waals surface area contributed by atoms with Crippen LogP contribution in [0.4, 0.5) is 0 Å². The third kappa shape index (κ3) is 4.63. The van der Waals surface area contributed by atoms with Gasteiger partial charge in [0.1, 0.15) is 11.6 Å². The highest BCUT2D eigenvalue weighted by atomic mass is 35.5. The average Bonchev–Trinajstić information content (AvgIpc) is 2.84. The minimum absolute atomic E-state index is 0.123. The van der Waals surface area contributed by atoms with Gasteiger partial charge in [0.05, 0.1) is 12.5 Å². The summed E-state index contributed by atoms with van der Waals surface area (Å²) in [4.78, 5) is 28.0. The standard InChI is InChI=1S/C16H18ClN3O3/c1-10(20-12(3)18-11(2)19-20)8-16(22)23-9-15(21)13-4-6-14(17)7-5-13/h4-7,10H,8-9H2,1-3H3. The summed E-state index contributed by atoms with van der Waals surface area (Å²) in [6, 6.07) is 6.25. The van der Waals surface area contributed by atoms with Gasteiger partial charge in [0.2, 0.25) is 0 Å². The van der Waals surface area contributed by atoms with Gasteiger partial charge in [-0.3, -0.25) is 9.59 Å². The number of carbonyl (C=O) groups excluding carboxylic acids is 2. The fraction of sp³-hybridized carbons (Fsp3) is 0.375. The lowest BCUT2D eigenvalue weighted by atomic mass is 10.1. The van der Waals surface area contributed by atoms with Crippen LogP contribution < -0.4 is 0 Å². The normalized spacial score (nSPS) is 12.0. The van der Waals surface area contributed by atoms with Crippen molar-refractivity contribution >= 4 is 23.4 Å². The molecule has 0 N–H and O–H groups in total. The molecule has 0 bridgehead atoms. The van der Waals surface area contributed by atoms with Gasteiger partial charge in [-0.05, 0) is 45.0 Å². The van der Waals surface area contributed by atoms with Crippen LogP contribution in [0.25, 0.3) is 0 Å². The Balaban J connectivity index is 1.86. The number of ketones is 1. The van der Waals surface area contributed by atoms with Gasteiger partial charge in [-0.2, -0.15) is 5.10 Å². The number of hydrogen-bond acceptors (Lipinski definition) is 5. The van der Waals surface area contributed by atoms with Gasteiger partial charge in [0.25, 0.3) is 0 Å². The van der Waals surface area contributed by atoms with E-state index in [0.29, 0.717) is 16.4 Å². The molecular weight excluding hydrogens is 318 g/mol. The van der Waals surface area contributed by atoms with E-state index in [0.717, 1.165) is 5.82 Å². The van der Waals surface area contributed by atoms with E-state index in [4.69, 9.17) is 16.3 Å². The third-order valence-electron chi connectivity index (χ3n) is 3.32. The first kappa shape index (κ1) is 17.1. The summed E-state index contributed by atoms with van der Waals surface area (Å²) >= 11 is 5.76. The molecule has 1 aromatic carbocycles. The van der Waals surface area contributed by atoms with Crippen LogP contribution in [0.3, 0.4) is 0 Å². The van der Waals surface area contributed by atoms with Gasteiger partial charge in [0, 0.05) is 10.6 Å². The molecule has 0 saturated heterocycles. The van der Waals surface area contributed by atoms with Gasteiger partial charge in [-0.1, -0.05) is 11.6 Å². The average molecular weight is 336 g/mol. The quantitative estimate of drug-likeness (QED) is 0.599. The molecule has 0 fully saturated rings. The van der Waals surface area contributed by atoms with Crippen molar-refractivity contribution in [2.24, 2.45) is 0 Å². The highest BCUT2D eigenvalue weighted by molar-refractivity contribution is 6.30. The molecule has 2 aromatic rings. The molecule has 122 valence electrons. The van der Waals surface area contributed by atoms with E-state index >= 15 is 0 Å². The SMILES string of the molecule is Cc1nc(C)n(C(C)CC(=O)OCC(=O)c2ccc(Cl)cc2)n1. The van der Waals surface area contributed by atoms with Gasteiger partial charge < -0.3 is 4.74 Å². The van der Waals surface area contributed by atoms with Crippen LogP contribution >= 0.6 is 11.6 Å². The van der Waals surface area contributed by atoms with Crippen molar-refractivity contribution in [1.82, 2.24) is 14.8 Å². The number of Topliss-reactive ketones (excluding diaryl/α,β-unsaturated/α-hetero) is 1. The highest BCUT2D eigenvalue weighted by Gasteiger charge is 2.17. The molecular formula is C16H18ClN3O3. The minimum Gasteiger partial charge on any atom is -0.457 e. The lowest BCUT2D eigenvalue weighted by Gasteiger charge is -2.12. The number of carbonyl (C=O) groups is 2. The van der Waals surface area contributed by atoms with Gasteiger partial charge in [-0.15, -0.1) is 0 Å². The Hall–Kier alpha value is -2.21. The number of halogens is 1. The Morgan fingerprint density at radius 3 is 2.48 bits per heavy atom. The number of aromatic nitrogens is 3. The number of benzene rings is 1. The molecule has 0 aliphatic heterocycles. The molecule has 1 unspecified atom stereocenters. The molecule has 0 radical (unpaired) electrons. The molecule has 1 atom stereocenters. The molecule has 1 aromatic heterocycles. The maximum Gasteiger partial charge on any atom is 0.308 e. The molecule has 6 nitrogen and oxygen atoms in total. The zero-order valence-corrected chi connectivity index (χ0v) is 14.0. The van der Waals surface area contributed by atoms with Crippen molar-refractivity contribution in [3.63, 3.8) is 0 Å². The van der Waals surface area contributed by atoms with E-state index in [1.807, 2.05) is 13.8 Å². The molecule has 7 heteroatoms. The van der Waals surface area contributed by atoms with Crippen molar-refractivity contribution < 1.29 is 14.3 Å². The second kappa shape index (κ2) is 7.37. The molecule has 0 saturated carbocycles. The monoisotopic (exact) mass is 335 g/mol. The Morgan fingerprint density at radius 2 is 1.91 bits per heavy atom. The van der Waals surface area contributed by atoms with Crippen LogP contribution in [0, 0.1) is 13.8 Å². The van der Waals surface area contributed by atoms with Crippen LogP contribution in [0.1, 0.15) is 41.4 Å². The van der Waals surface area contributed by atoms with Crippen molar-refractivity contribution in [1.29, 1.82) is 0 Å². The molecule has 23 heavy (non-hydrogen) atoms. The van der Waals surface area contributed by atoms with E-state index in [1.165, 1.54) is 0 Å². The number of esters is 1. The second-order valence-corrected chi connectivity index (χ2v) is 5.73. The van der Waals surface area contributed by atoms with Crippen LogP contribution in [0.2, 0.25) is 5.02 Å². The number of rotatable bonds is 6. The van der Waals surface area contributed by atoms with Crippen LogP contribution in [-0.2, 0) is 9.53 Å². The molecule has 0 aliphatic carbocycles. The van der Waals surface area contributed by atoms with Gasteiger partial charge in [0.15, 0.2) is 12.4 Å². The Morgan fingerprint density at radius 1 is 1.26 bits per heavy atom. The Bertz CT molecular complexity index is 710. The number of hydrogen-bond donors (Lipinski definition) is 0. The molecule has 2 rings (SSSR count). The van der Waals surface area contributed by atoms with Crippen molar-refractivity contribution in [2.75, 3.05) is 6.61 Å². The zero-order chi connectivity index (χ0) is 17.0. The van der Waals surface area contributed by atoms with Gasteiger partial charge in [-0.25, -0.2) is 9.67 Å². The predicted octanol–water partition coefficient (Wildman–Crippen LogP) is 2.93. The fourth-order valence-corrected chi connectivity index (χ4v) is 2.33. The topological polar surface area (TPSA) is 74.1 Å². The molecule has 0 spiro atoms. The summed E-state index contributed by atoms with van der Waals surface area (Å²) in [5.74, 6) is 0.670. The minimum atomic E-state index is -0.452. The first-order valence-electron chi connectivity index (χ1n) is 7.21. The molecule has 0 aliphatic rings. The first-order valence-corrected chi connectivity index (χ1v) is 7.58. The number of nitrogens with zero attached hydrogens (tertiary/aromatic N) is 3. The first-order chi connectivity index (χ1) is 10.9. The summed E-state index contributed by atoms with van der Waals surface area (Å²) in [6.45, 7) is 5.18.